The fourth-order valence-corrected chi connectivity index (χ4v) is 8.87. The maximum atomic E-state index is 2.58. The van der Waals surface area contributed by atoms with E-state index in [0.717, 1.165) is 25.7 Å². The molecule has 2 aromatic heterocycles. The zero-order valence-corrected chi connectivity index (χ0v) is 25.5. The fourth-order valence-electron chi connectivity index (χ4n) is 8.87. The molecule has 0 aliphatic heterocycles. The maximum Gasteiger partial charge on any atom is 0.0625 e. The summed E-state index contributed by atoms with van der Waals surface area (Å²) in [4.78, 5) is 0. The van der Waals surface area contributed by atoms with Crippen molar-refractivity contribution < 1.29 is 0 Å². The smallest absolute Gasteiger partial charge is 0.0625 e. The molecule has 0 amide bonds. The van der Waals surface area contributed by atoms with Gasteiger partial charge in [0.25, 0.3) is 0 Å². The lowest BCUT2D eigenvalue weighted by molar-refractivity contribution is 0.612. The molecule has 216 valence electrons. The molecule has 0 fully saturated rings. The Bertz CT molecular complexity index is 2570. The zero-order chi connectivity index (χ0) is 29.6. The largest absolute Gasteiger partial charge is 0.333 e. The quantitative estimate of drug-likeness (QED) is 0.193. The number of allylic oxidation sites excluding steroid dienone is 4. The molecule has 2 heteroatoms. The Hall–Kier alpha value is -5.08. The molecule has 2 nitrogen and oxygen atoms in total. The Morgan fingerprint density at radius 2 is 1.38 bits per heavy atom. The van der Waals surface area contributed by atoms with Crippen molar-refractivity contribution in [3.63, 3.8) is 0 Å². The second-order valence-electron chi connectivity index (χ2n) is 13.1. The molecular weight excluding hydrogens is 544 g/mol. The molecule has 0 N–H and O–H groups in total. The second-order valence-corrected chi connectivity index (χ2v) is 13.1. The highest BCUT2D eigenvalue weighted by Gasteiger charge is 2.30. The Labute approximate surface area is 262 Å². The summed E-state index contributed by atoms with van der Waals surface area (Å²) in [5, 5.41) is 9.64. The maximum absolute atomic E-state index is 2.58. The van der Waals surface area contributed by atoms with Crippen LogP contribution in [0.15, 0.2) is 115 Å². The van der Waals surface area contributed by atoms with Crippen LogP contribution in [-0.2, 0) is 6.42 Å². The molecule has 7 aromatic rings. The number of hydrogen-bond donors (Lipinski definition) is 0. The first kappa shape index (κ1) is 25.3. The van der Waals surface area contributed by atoms with Crippen LogP contribution in [0.4, 0.5) is 0 Å². The molecule has 0 radical (unpaired) electrons. The molecule has 3 aliphatic rings. The van der Waals surface area contributed by atoms with Gasteiger partial charge in [0.1, 0.15) is 0 Å². The lowest BCUT2D eigenvalue weighted by Gasteiger charge is -2.28. The van der Waals surface area contributed by atoms with E-state index in [2.05, 4.69) is 143 Å². The SMILES string of the molecule is CC1Cc2ccccc2-c2c1c1ccccc1c1c2c2ccccc2n1C1=CCC(n2c3c(c4ccccc42)=CCCC=3)C=C1. The van der Waals surface area contributed by atoms with Gasteiger partial charge in [0, 0.05) is 43.3 Å². The number of aromatic nitrogens is 2. The van der Waals surface area contributed by atoms with Gasteiger partial charge >= 0.3 is 0 Å². The van der Waals surface area contributed by atoms with E-state index >= 15 is 0 Å². The molecule has 0 saturated heterocycles. The lowest BCUT2D eigenvalue weighted by atomic mass is 9.75. The molecule has 3 aliphatic carbocycles. The Kier molecular flexibility index (Phi) is 5.31. The molecule has 5 aromatic carbocycles. The van der Waals surface area contributed by atoms with Gasteiger partial charge in [0.2, 0.25) is 0 Å². The number of para-hydroxylation sites is 2. The van der Waals surface area contributed by atoms with Crippen LogP contribution in [0.3, 0.4) is 0 Å². The van der Waals surface area contributed by atoms with Gasteiger partial charge in [0.05, 0.1) is 17.1 Å². The summed E-state index contributed by atoms with van der Waals surface area (Å²) in [6.07, 6.45) is 16.5. The number of rotatable bonds is 2. The van der Waals surface area contributed by atoms with Crippen molar-refractivity contribution >= 4 is 61.3 Å². The van der Waals surface area contributed by atoms with Crippen molar-refractivity contribution in [2.75, 3.05) is 0 Å². The van der Waals surface area contributed by atoms with Crippen molar-refractivity contribution in [1.82, 2.24) is 9.13 Å². The van der Waals surface area contributed by atoms with E-state index in [1.54, 1.807) is 0 Å². The highest BCUT2D eigenvalue weighted by atomic mass is 15.0. The van der Waals surface area contributed by atoms with Crippen LogP contribution in [0.25, 0.3) is 72.5 Å². The molecule has 2 unspecified atom stereocenters. The predicted octanol–water partition coefficient (Wildman–Crippen LogP) is 9.63. The van der Waals surface area contributed by atoms with Gasteiger partial charge < -0.3 is 9.13 Å². The standard InChI is InChI=1S/C43H34N2/c1-27-26-28-12-2-3-13-31(28)41-40(27)34-16-4-5-17-35(34)43-42(41)36-18-8-11-21-39(36)45(43)30-24-22-29(23-25-30)44-37-19-9-6-14-32(37)33-15-7-10-20-38(33)44/h2-6,8-9,11-22,24-25,27,29H,7,10,23,26H2,1H3. The average Bonchev–Trinajstić information content (AvgIpc) is 3.62. The van der Waals surface area contributed by atoms with E-state index in [9.17, 15) is 0 Å². The Morgan fingerprint density at radius 3 is 2.22 bits per heavy atom. The fraction of sp³-hybridized carbons (Fsp3) is 0.163. The third-order valence-electron chi connectivity index (χ3n) is 10.7. The van der Waals surface area contributed by atoms with Crippen LogP contribution < -0.4 is 10.6 Å². The topological polar surface area (TPSA) is 9.86 Å². The molecule has 2 atom stereocenters. The highest BCUT2D eigenvalue weighted by Crippen LogP contribution is 2.51. The van der Waals surface area contributed by atoms with E-state index < -0.39 is 0 Å². The lowest BCUT2D eigenvalue weighted by Crippen LogP contribution is -2.33. The Morgan fingerprint density at radius 1 is 0.667 bits per heavy atom. The first-order valence-electron chi connectivity index (χ1n) is 16.5. The third kappa shape index (κ3) is 3.45. The zero-order valence-electron chi connectivity index (χ0n) is 25.5. The van der Waals surface area contributed by atoms with Crippen molar-refractivity contribution in [2.45, 2.75) is 44.6 Å². The van der Waals surface area contributed by atoms with E-state index in [0.29, 0.717) is 5.92 Å². The number of hydrogen-bond acceptors (Lipinski definition) is 0. The van der Waals surface area contributed by atoms with Crippen molar-refractivity contribution in [3.8, 4) is 11.1 Å². The van der Waals surface area contributed by atoms with Gasteiger partial charge in [-0.15, -0.1) is 0 Å². The van der Waals surface area contributed by atoms with Crippen LogP contribution in [0.5, 0.6) is 0 Å². The summed E-state index contributed by atoms with van der Waals surface area (Å²) in [6, 6.07) is 36.5. The monoisotopic (exact) mass is 578 g/mol. The molecule has 0 spiro atoms. The predicted molar refractivity (Wildman–Crippen MR) is 191 cm³/mol. The Balaban J connectivity index is 1.24. The van der Waals surface area contributed by atoms with Crippen LogP contribution in [0.2, 0.25) is 0 Å². The minimum Gasteiger partial charge on any atom is -0.333 e. The summed E-state index contributed by atoms with van der Waals surface area (Å²) in [5.41, 5.74) is 11.0. The van der Waals surface area contributed by atoms with E-state index in [1.807, 2.05) is 0 Å². The second kappa shape index (κ2) is 9.46. The van der Waals surface area contributed by atoms with Crippen LogP contribution >= 0.6 is 0 Å². The first-order valence-corrected chi connectivity index (χ1v) is 16.5. The van der Waals surface area contributed by atoms with Gasteiger partial charge in [0.15, 0.2) is 0 Å². The summed E-state index contributed by atoms with van der Waals surface area (Å²) in [5.74, 6) is 0.456. The van der Waals surface area contributed by atoms with Crippen LogP contribution in [0, 0.1) is 0 Å². The summed E-state index contributed by atoms with van der Waals surface area (Å²) >= 11 is 0. The molecule has 45 heavy (non-hydrogen) atoms. The molecule has 10 rings (SSSR count). The third-order valence-corrected chi connectivity index (χ3v) is 10.7. The summed E-state index contributed by atoms with van der Waals surface area (Å²) in [7, 11) is 0. The minimum absolute atomic E-state index is 0.287. The highest BCUT2D eigenvalue weighted by molar-refractivity contribution is 6.26. The van der Waals surface area contributed by atoms with Crippen LogP contribution in [-0.4, -0.2) is 9.13 Å². The molecular formula is C43H34N2. The first-order chi connectivity index (χ1) is 22.3. The van der Waals surface area contributed by atoms with Crippen molar-refractivity contribution in [3.05, 3.63) is 137 Å². The molecule has 0 saturated carbocycles. The van der Waals surface area contributed by atoms with Gasteiger partial charge in [-0.3, -0.25) is 0 Å². The van der Waals surface area contributed by atoms with Gasteiger partial charge in [-0.2, -0.15) is 0 Å². The minimum atomic E-state index is 0.287. The summed E-state index contributed by atoms with van der Waals surface area (Å²) < 4.78 is 5.14. The van der Waals surface area contributed by atoms with Gasteiger partial charge in [-0.1, -0.05) is 116 Å². The van der Waals surface area contributed by atoms with Gasteiger partial charge in [-0.25, -0.2) is 0 Å². The molecule has 2 heterocycles. The van der Waals surface area contributed by atoms with Crippen LogP contribution in [0.1, 0.15) is 49.3 Å². The average molecular weight is 579 g/mol. The van der Waals surface area contributed by atoms with E-state index in [1.165, 1.54) is 82.0 Å². The van der Waals surface area contributed by atoms with Gasteiger partial charge in [-0.05, 0) is 77.4 Å². The summed E-state index contributed by atoms with van der Waals surface area (Å²) in [6.45, 7) is 2.41. The normalized spacial score (nSPS) is 18.8. The molecule has 0 bridgehead atoms. The van der Waals surface area contributed by atoms with E-state index in [4.69, 9.17) is 0 Å². The van der Waals surface area contributed by atoms with Crippen molar-refractivity contribution in [1.29, 1.82) is 0 Å². The van der Waals surface area contributed by atoms with E-state index in [-0.39, 0.29) is 6.04 Å². The number of fused-ring (bicyclic) bond motifs is 13. The van der Waals surface area contributed by atoms with Crippen molar-refractivity contribution in [2.24, 2.45) is 0 Å². The number of nitrogens with zero attached hydrogens (tertiary/aromatic N) is 2. The number of benzene rings is 5.